The van der Waals surface area contributed by atoms with E-state index < -0.39 is 89.7 Å². The Bertz CT molecular complexity index is 2400. The number of nitrogens with zero attached hydrogens (tertiary/aromatic N) is 2. The number of H-pyrrole nitrogens is 2. The molecule has 0 saturated carbocycles. The standard InChI is InChI=1S/C23H29N3O7.C22H27N5O5/c1-13(2)32-23(31)19(9-10-21(29)33-15(4)28)26-22(30)20(25-14(3)27)11-16-12-24-18-8-6-5-7-17(16)18;1-13(2)32-22(31)19(9-8-16(29)12-25-23)27-21(30)20(26-14(3)28)10-15-11-24-18-7-5-4-6-17(15)18/h5-8,12-13,19-20,24H,9-11H2,1-4H3,(H,25,27)(H,26,30);4-7,11-13,19-20,24H,8-10H2,1-3H3,(H,26,28)(H,27,30)/t2*19-,20-/m00/s1. The van der Waals surface area contributed by atoms with E-state index in [2.05, 4.69) is 40.8 Å². The third kappa shape index (κ3) is 17.7. The number of benzene rings is 2. The Morgan fingerprint density at radius 2 is 1.03 bits per heavy atom. The Hall–Kier alpha value is -7.47. The molecule has 2 aromatic carbocycles. The summed E-state index contributed by atoms with van der Waals surface area (Å²) in [4.78, 5) is 118. The Balaban J connectivity index is 0.000000345. The Labute approximate surface area is 374 Å². The van der Waals surface area contributed by atoms with Crippen molar-refractivity contribution in [1.82, 2.24) is 31.2 Å². The van der Waals surface area contributed by atoms with E-state index in [1.165, 1.54) is 13.8 Å². The number of fused-ring (bicyclic) bond motifs is 2. The van der Waals surface area contributed by atoms with Crippen LogP contribution in [0.5, 0.6) is 0 Å². The van der Waals surface area contributed by atoms with E-state index in [1.54, 1.807) is 40.1 Å². The number of para-hydroxylation sites is 2. The van der Waals surface area contributed by atoms with Crippen LogP contribution in [0.4, 0.5) is 0 Å². The summed E-state index contributed by atoms with van der Waals surface area (Å²) >= 11 is 0. The van der Waals surface area contributed by atoms with E-state index in [0.717, 1.165) is 46.1 Å². The zero-order valence-corrected chi connectivity index (χ0v) is 37.4. The highest BCUT2D eigenvalue weighted by atomic mass is 16.6. The second kappa shape index (κ2) is 25.6. The van der Waals surface area contributed by atoms with Gasteiger partial charge in [-0.05, 0) is 63.8 Å². The SMILES string of the molecule is CC(=O)N[C@@H](Cc1c[nH]c2ccccc12)C(=O)N[C@@H](CCC(=O)C=[N+]=[N-])C(=O)OC(C)C.CC(=O)N[C@@H](Cc1c[nH]c2ccccc12)C(=O)N[C@@H](CCC(=O)OC(C)=O)C(=O)OC(C)C. The number of aromatic nitrogens is 2. The van der Waals surface area contributed by atoms with Crippen LogP contribution in [-0.4, -0.2) is 111 Å². The van der Waals surface area contributed by atoms with Gasteiger partial charge in [0, 0.05) is 80.7 Å². The van der Waals surface area contributed by atoms with Crippen molar-refractivity contribution in [3.05, 3.63) is 77.6 Å². The number of Topliss-reactive ketones (excluding diaryl/α,β-unsaturated/α-hetero) is 1. The van der Waals surface area contributed by atoms with Crippen LogP contribution in [0.2, 0.25) is 0 Å². The molecule has 0 aliphatic heterocycles. The summed E-state index contributed by atoms with van der Waals surface area (Å²) in [7, 11) is 0. The lowest BCUT2D eigenvalue weighted by molar-refractivity contribution is -0.158. The summed E-state index contributed by atoms with van der Waals surface area (Å²) in [5, 5.41) is 12.2. The molecule has 65 heavy (non-hydrogen) atoms. The van der Waals surface area contributed by atoms with Gasteiger partial charge in [-0.3, -0.25) is 33.6 Å². The van der Waals surface area contributed by atoms with Crippen LogP contribution in [0.1, 0.15) is 85.3 Å². The van der Waals surface area contributed by atoms with Crippen molar-refractivity contribution in [2.24, 2.45) is 0 Å². The van der Waals surface area contributed by atoms with E-state index in [-0.39, 0.29) is 38.5 Å². The predicted octanol–water partition coefficient (Wildman–Crippen LogP) is 2.82. The average Bonchev–Trinajstić information content (AvgIpc) is 3.83. The fourth-order valence-corrected chi connectivity index (χ4v) is 6.51. The highest BCUT2D eigenvalue weighted by Gasteiger charge is 2.31. The second-order valence-electron chi connectivity index (χ2n) is 15.5. The lowest BCUT2D eigenvalue weighted by atomic mass is 10.0. The molecule has 0 fully saturated rings. The van der Waals surface area contributed by atoms with Crippen LogP contribution in [0.25, 0.3) is 27.3 Å². The molecule has 0 aliphatic rings. The molecule has 0 spiro atoms. The number of nitrogens with one attached hydrogen (secondary N) is 6. The molecule has 0 saturated heterocycles. The van der Waals surface area contributed by atoms with E-state index in [4.69, 9.17) is 15.0 Å². The third-order valence-corrected chi connectivity index (χ3v) is 9.27. The summed E-state index contributed by atoms with van der Waals surface area (Å²) in [5.41, 5.74) is 11.9. The van der Waals surface area contributed by atoms with Crippen molar-refractivity contribution >= 4 is 81.3 Å². The van der Waals surface area contributed by atoms with E-state index in [0.29, 0.717) is 0 Å². The summed E-state index contributed by atoms with van der Waals surface area (Å²) in [6, 6.07) is 10.9. The Morgan fingerprint density at radius 1 is 0.615 bits per heavy atom. The molecule has 6 N–H and O–H groups in total. The second-order valence-corrected chi connectivity index (χ2v) is 15.5. The fourth-order valence-electron chi connectivity index (χ4n) is 6.51. The monoisotopic (exact) mass is 900 g/mol. The number of rotatable bonds is 21. The number of ether oxygens (including phenoxy) is 3. The fraction of sp³-hybridized carbons (Fsp3) is 0.422. The molecule has 4 aromatic rings. The lowest BCUT2D eigenvalue weighted by Gasteiger charge is -2.23. The van der Waals surface area contributed by atoms with Gasteiger partial charge in [0.1, 0.15) is 24.2 Å². The molecule has 348 valence electrons. The van der Waals surface area contributed by atoms with Crippen molar-refractivity contribution in [3.63, 3.8) is 0 Å². The normalized spacial score (nSPS) is 12.6. The van der Waals surface area contributed by atoms with Gasteiger partial charge in [-0.15, -0.1) is 0 Å². The van der Waals surface area contributed by atoms with Crippen LogP contribution in [-0.2, 0) is 70.2 Å². The van der Waals surface area contributed by atoms with Crippen LogP contribution in [0.15, 0.2) is 60.9 Å². The number of esters is 4. The largest absolute Gasteiger partial charge is 0.461 e. The minimum absolute atomic E-state index is 0.0535. The van der Waals surface area contributed by atoms with E-state index in [1.807, 2.05) is 48.5 Å². The molecule has 4 amide bonds. The summed E-state index contributed by atoms with van der Waals surface area (Å²) < 4.78 is 14.8. The molecule has 0 bridgehead atoms. The molecule has 4 atom stereocenters. The number of hydrogen-bond donors (Lipinski definition) is 6. The molecule has 0 radical (unpaired) electrons. The Kier molecular flexibility index (Phi) is 20.4. The van der Waals surface area contributed by atoms with Crippen LogP contribution in [0, 0.1) is 0 Å². The van der Waals surface area contributed by atoms with Gasteiger partial charge in [0.05, 0.1) is 12.2 Å². The molecular weight excluding hydrogens is 845 g/mol. The highest BCUT2D eigenvalue weighted by Crippen LogP contribution is 2.21. The maximum Gasteiger partial charge on any atom is 0.328 e. The first kappa shape index (κ1) is 51.9. The molecule has 20 heteroatoms. The van der Waals surface area contributed by atoms with Crippen LogP contribution < -0.4 is 21.3 Å². The number of hydrogen-bond acceptors (Lipinski definition) is 12. The van der Waals surface area contributed by atoms with E-state index >= 15 is 0 Å². The molecule has 2 aromatic heterocycles. The van der Waals surface area contributed by atoms with Gasteiger partial charge in [0.2, 0.25) is 29.4 Å². The smallest absolute Gasteiger partial charge is 0.328 e. The minimum Gasteiger partial charge on any atom is -0.461 e. The van der Waals surface area contributed by atoms with Gasteiger partial charge in [0.25, 0.3) is 0 Å². The number of carbonyl (C=O) groups is 9. The van der Waals surface area contributed by atoms with Gasteiger partial charge in [-0.2, -0.15) is 4.79 Å². The first-order valence-electron chi connectivity index (χ1n) is 20.8. The van der Waals surface area contributed by atoms with Crippen LogP contribution in [0.3, 0.4) is 0 Å². The maximum atomic E-state index is 13.1. The van der Waals surface area contributed by atoms with Gasteiger partial charge >= 0.3 is 30.1 Å². The van der Waals surface area contributed by atoms with Crippen molar-refractivity contribution in [1.29, 1.82) is 0 Å². The average molecular weight is 901 g/mol. The van der Waals surface area contributed by atoms with Crippen molar-refractivity contribution < 1.29 is 62.2 Å². The maximum absolute atomic E-state index is 13.1. The molecule has 0 aliphatic carbocycles. The quantitative estimate of drug-likeness (QED) is 0.0176. The van der Waals surface area contributed by atoms with Crippen molar-refractivity contribution in [2.45, 2.75) is 123 Å². The lowest BCUT2D eigenvalue weighted by Crippen LogP contribution is -2.52. The van der Waals surface area contributed by atoms with Gasteiger partial charge in [-0.25, -0.2) is 9.59 Å². The zero-order chi connectivity index (χ0) is 48.2. The summed E-state index contributed by atoms with van der Waals surface area (Å²) in [6.45, 7) is 10.3. The number of ketones is 1. The van der Waals surface area contributed by atoms with Gasteiger partial charge in [0.15, 0.2) is 0 Å². The van der Waals surface area contributed by atoms with Gasteiger partial charge in [-0.1, -0.05) is 36.4 Å². The van der Waals surface area contributed by atoms with E-state index in [9.17, 15) is 43.2 Å². The van der Waals surface area contributed by atoms with Crippen molar-refractivity contribution in [2.75, 3.05) is 0 Å². The third-order valence-electron chi connectivity index (χ3n) is 9.27. The minimum atomic E-state index is -1.17. The number of amides is 4. The first-order chi connectivity index (χ1) is 30.8. The molecule has 0 unspecified atom stereocenters. The molecule has 4 rings (SSSR count). The van der Waals surface area contributed by atoms with Gasteiger partial charge < -0.3 is 51.0 Å². The zero-order valence-electron chi connectivity index (χ0n) is 37.4. The molecule has 20 nitrogen and oxygen atoms in total. The predicted molar refractivity (Wildman–Crippen MR) is 235 cm³/mol. The number of carbonyl (C=O) groups excluding carboxylic acids is 9. The Morgan fingerprint density at radius 3 is 1.42 bits per heavy atom. The highest BCUT2D eigenvalue weighted by molar-refractivity contribution is 6.25. The summed E-state index contributed by atoms with van der Waals surface area (Å²) in [6.07, 6.45) is 3.13. The van der Waals surface area contributed by atoms with Crippen LogP contribution >= 0.6 is 0 Å². The topological polar surface area (TPSA) is 297 Å². The summed E-state index contributed by atoms with van der Waals surface area (Å²) in [5.74, 6) is -5.55. The molecular formula is C45H56N8O12. The van der Waals surface area contributed by atoms with Crippen molar-refractivity contribution in [3.8, 4) is 0 Å². The molecule has 2 heterocycles. The number of aromatic amines is 2. The first-order valence-corrected chi connectivity index (χ1v) is 20.8.